The predicted molar refractivity (Wildman–Crippen MR) is 85.3 cm³/mol. The lowest BCUT2D eigenvalue weighted by Crippen LogP contribution is -2.45. The normalized spacial score (nSPS) is 22.5. The van der Waals surface area contributed by atoms with Crippen LogP contribution >= 0.6 is 0 Å². The molecule has 0 radical (unpaired) electrons. The fourth-order valence-corrected chi connectivity index (χ4v) is 2.73. The molecular formula is C17H26N2O3. The second-order valence-electron chi connectivity index (χ2n) is 6.82. The molecule has 1 fully saturated rings. The monoisotopic (exact) mass is 306 g/mol. The maximum absolute atomic E-state index is 12.5. The highest BCUT2D eigenvalue weighted by molar-refractivity contribution is 5.69. The molecule has 1 amide bonds. The van der Waals surface area contributed by atoms with Gasteiger partial charge in [-0.1, -0.05) is 24.3 Å². The fourth-order valence-electron chi connectivity index (χ4n) is 2.73. The number of carbonyl (C=O) groups excluding carboxylic acids is 1. The number of ether oxygens (including phenoxy) is 1. The molecule has 0 spiro atoms. The zero-order valence-electron chi connectivity index (χ0n) is 13.6. The van der Waals surface area contributed by atoms with E-state index in [0.717, 1.165) is 11.1 Å². The van der Waals surface area contributed by atoms with Crippen LogP contribution in [0.4, 0.5) is 4.79 Å². The summed E-state index contributed by atoms with van der Waals surface area (Å²) in [5.74, 6) is 0. The van der Waals surface area contributed by atoms with Crippen LogP contribution in [-0.4, -0.2) is 34.3 Å². The van der Waals surface area contributed by atoms with Gasteiger partial charge in [0.1, 0.15) is 5.60 Å². The molecule has 0 aliphatic carbocycles. The first-order valence-corrected chi connectivity index (χ1v) is 7.77. The summed E-state index contributed by atoms with van der Waals surface area (Å²) in [4.78, 5) is 14.2. The number of hydrogen-bond donors (Lipinski definition) is 2. The molecule has 2 unspecified atom stereocenters. The van der Waals surface area contributed by atoms with E-state index < -0.39 is 11.7 Å². The number of aliphatic hydroxyl groups excluding tert-OH is 1. The van der Waals surface area contributed by atoms with Crippen LogP contribution in [0.3, 0.4) is 0 Å². The van der Waals surface area contributed by atoms with Crippen molar-refractivity contribution in [2.45, 2.75) is 57.9 Å². The van der Waals surface area contributed by atoms with E-state index in [9.17, 15) is 9.90 Å². The summed E-state index contributed by atoms with van der Waals surface area (Å²) in [7, 11) is 0. The molecule has 1 aromatic carbocycles. The van der Waals surface area contributed by atoms with E-state index in [1.165, 1.54) is 0 Å². The van der Waals surface area contributed by atoms with Crippen molar-refractivity contribution < 1.29 is 14.6 Å². The minimum atomic E-state index is -0.531. The summed E-state index contributed by atoms with van der Waals surface area (Å²) in [6, 6.07) is 7.69. The molecule has 0 aromatic heterocycles. The Morgan fingerprint density at radius 3 is 2.82 bits per heavy atom. The Labute approximate surface area is 132 Å². The molecular weight excluding hydrogens is 280 g/mol. The zero-order valence-corrected chi connectivity index (χ0v) is 13.6. The molecule has 5 heteroatoms. The molecule has 22 heavy (non-hydrogen) atoms. The van der Waals surface area contributed by atoms with Crippen LogP contribution in [0.25, 0.3) is 0 Å². The van der Waals surface area contributed by atoms with Crippen molar-refractivity contribution in [1.29, 1.82) is 0 Å². The van der Waals surface area contributed by atoms with Crippen LogP contribution in [0, 0.1) is 0 Å². The van der Waals surface area contributed by atoms with Crippen molar-refractivity contribution in [3.05, 3.63) is 35.4 Å². The van der Waals surface area contributed by atoms with E-state index in [1.807, 2.05) is 45.0 Å². The van der Waals surface area contributed by atoms with Gasteiger partial charge in [0.2, 0.25) is 0 Å². The van der Waals surface area contributed by atoms with E-state index in [4.69, 9.17) is 10.5 Å². The van der Waals surface area contributed by atoms with Crippen LogP contribution < -0.4 is 5.73 Å². The summed E-state index contributed by atoms with van der Waals surface area (Å²) in [6.45, 7) is 6.51. The SMILES string of the molecule is CC(C)(C)OC(=O)N1CCC(O)CC1c1cccc(CN)c1. The number of amides is 1. The van der Waals surface area contributed by atoms with Gasteiger partial charge >= 0.3 is 6.09 Å². The second-order valence-corrected chi connectivity index (χ2v) is 6.82. The Balaban J connectivity index is 2.24. The lowest BCUT2D eigenvalue weighted by atomic mass is 9.92. The number of piperidine rings is 1. The summed E-state index contributed by atoms with van der Waals surface area (Å²) in [6.07, 6.45) is 0.368. The number of nitrogens with two attached hydrogens (primary N) is 1. The molecule has 1 aliphatic heterocycles. The molecule has 2 atom stereocenters. The molecule has 1 heterocycles. The highest BCUT2D eigenvalue weighted by atomic mass is 16.6. The number of nitrogens with zero attached hydrogens (tertiary/aromatic N) is 1. The van der Waals surface area contributed by atoms with Gasteiger partial charge in [-0.05, 0) is 44.7 Å². The van der Waals surface area contributed by atoms with Gasteiger partial charge in [0.15, 0.2) is 0 Å². The summed E-state index contributed by atoms with van der Waals surface area (Å²) in [5, 5.41) is 10.00. The van der Waals surface area contributed by atoms with Crippen molar-refractivity contribution in [3.63, 3.8) is 0 Å². The van der Waals surface area contributed by atoms with Crippen LogP contribution in [0.1, 0.15) is 50.8 Å². The zero-order chi connectivity index (χ0) is 16.3. The van der Waals surface area contributed by atoms with Crippen molar-refractivity contribution in [2.75, 3.05) is 6.54 Å². The number of aliphatic hydroxyl groups is 1. The van der Waals surface area contributed by atoms with E-state index in [0.29, 0.717) is 25.9 Å². The van der Waals surface area contributed by atoms with E-state index >= 15 is 0 Å². The van der Waals surface area contributed by atoms with E-state index in [2.05, 4.69) is 0 Å². The third kappa shape index (κ3) is 4.21. The van der Waals surface area contributed by atoms with Crippen LogP contribution in [0.5, 0.6) is 0 Å². The first-order valence-electron chi connectivity index (χ1n) is 7.77. The summed E-state index contributed by atoms with van der Waals surface area (Å²) in [5.41, 5.74) is 7.18. The third-order valence-electron chi connectivity index (χ3n) is 3.77. The molecule has 0 saturated carbocycles. The maximum atomic E-state index is 12.5. The molecule has 5 nitrogen and oxygen atoms in total. The third-order valence-corrected chi connectivity index (χ3v) is 3.77. The molecule has 1 aliphatic rings. The lowest BCUT2D eigenvalue weighted by molar-refractivity contribution is -0.00844. The van der Waals surface area contributed by atoms with E-state index in [1.54, 1.807) is 4.90 Å². The Kier molecular flexibility index (Phi) is 5.08. The van der Waals surface area contributed by atoms with Gasteiger partial charge in [-0.25, -0.2) is 4.79 Å². The molecule has 2 rings (SSSR count). The quantitative estimate of drug-likeness (QED) is 0.880. The van der Waals surface area contributed by atoms with Gasteiger partial charge in [-0.15, -0.1) is 0 Å². The largest absolute Gasteiger partial charge is 0.444 e. The van der Waals surface area contributed by atoms with Crippen LogP contribution in [0.2, 0.25) is 0 Å². The molecule has 0 bridgehead atoms. The maximum Gasteiger partial charge on any atom is 0.410 e. The van der Waals surface area contributed by atoms with Gasteiger partial charge in [-0.2, -0.15) is 0 Å². The minimum absolute atomic E-state index is 0.176. The summed E-state index contributed by atoms with van der Waals surface area (Å²) >= 11 is 0. The average Bonchev–Trinajstić information content (AvgIpc) is 2.45. The van der Waals surface area contributed by atoms with Gasteiger partial charge < -0.3 is 20.5 Å². The number of rotatable bonds is 2. The topological polar surface area (TPSA) is 75.8 Å². The standard InChI is InChI=1S/C17H26N2O3/c1-17(2,3)22-16(21)19-8-7-14(20)10-15(19)13-6-4-5-12(9-13)11-18/h4-6,9,14-15,20H,7-8,10-11,18H2,1-3H3. The summed E-state index contributed by atoms with van der Waals surface area (Å²) < 4.78 is 5.50. The first kappa shape index (κ1) is 16.8. The number of likely N-dealkylation sites (tertiary alicyclic amines) is 1. The molecule has 1 saturated heterocycles. The molecule has 3 N–H and O–H groups in total. The Morgan fingerprint density at radius 1 is 1.45 bits per heavy atom. The number of carbonyl (C=O) groups is 1. The van der Waals surface area contributed by atoms with Gasteiger partial charge in [0.05, 0.1) is 12.1 Å². The van der Waals surface area contributed by atoms with Crippen LogP contribution in [-0.2, 0) is 11.3 Å². The number of benzene rings is 1. The predicted octanol–water partition coefficient (Wildman–Crippen LogP) is 2.58. The minimum Gasteiger partial charge on any atom is -0.444 e. The Hall–Kier alpha value is -1.59. The van der Waals surface area contributed by atoms with Crippen molar-refractivity contribution in [1.82, 2.24) is 4.90 Å². The van der Waals surface area contributed by atoms with Crippen LogP contribution in [0.15, 0.2) is 24.3 Å². The Morgan fingerprint density at radius 2 is 2.18 bits per heavy atom. The van der Waals surface area contributed by atoms with E-state index in [-0.39, 0.29) is 12.1 Å². The van der Waals surface area contributed by atoms with Gasteiger partial charge in [0, 0.05) is 13.1 Å². The lowest BCUT2D eigenvalue weighted by Gasteiger charge is -2.39. The van der Waals surface area contributed by atoms with Gasteiger partial charge in [0.25, 0.3) is 0 Å². The second kappa shape index (κ2) is 6.67. The van der Waals surface area contributed by atoms with Crippen molar-refractivity contribution in [3.8, 4) is 0 Å². The highest BCUT2D eigenvalue weighted by Gasteiger charge is 2.34. The highest BCUT2D eigenvalue weighted by Crippen LogP contribution is 2.32. The molecule has 122 valence electrons. The average molecular weight is 306 g/mol. The first-order chi connectivity index (χ1) is 10.3. The smallest absolute Gasteiger partial charge is 0.410 e. The Bertz CT molecular complexity index is 525. The van der Waals surface area contributed by atoms with Crippen molar-refractivity contribution in [2.24, 2.45) is 5.73 Å². The number of hydrogen-bond acceptors (Lipinski definition) is 4. The fraction of sp³-hybridized carbons (Fsp3) is 0.588. The van der Waals surface area contributed by atoms with Gasteiger partial charge in [-0.3, -0.25) is 0 Å². The van der Waals surface area contributed by atoms with Crippen molar-refractivity contribution >= 4 is 6.09 Å². The molecule has 1 aromatic rings.